The number of aromatic amines is 1. The Morgan fingerprint density at radius 1 is 1.38 bits per heavy atom. The van der Waals surface area contributed by atoms with Crippen LogP contribution in [0, 0.1) is 6.92 Å². The third kappa shape index (κ3) is 3.29. The van der Waals surface area contributed by atoms with Crippen LogP contribution in [0.3, 0.4) is 0 Å². The number of aliphatic hydroxyl groups excluding tert-OH is 1. The van der Waals surface area contributed by atoms with Crippen molar-refractivity contribution in [2.75, 3.05) is 0 Å². The zero-order chi connectivity index (χ0) is 19.0. The summed E-state index contributed by atoms with van der Waals surface area (Å²) in [5, 5.41) is 14.0. The maximum absolute atomic E-state index is 12.9. The molecule has 0 fully saturated rings. The van der Waals surface area contributed by atoms with Gasteiger partial charge in [0, 0.05) is 16.3 Å². The molecule has 0 radical (unpaired) electrons. The van der Waals surface area contributed by atoms with Gasteiger partial charge in [0.05, 0.1) is 12.1 Å². The summed E-state index contributed by atoms with van der Waals surface area (Å²) in [7, 11) is 0. The molecule has 1 aromatic heterocycles. The van der Waals surface area contributed by atoms with Gasteiger partial charge < -0.3 is 15.4 Å². The van der Waals surface area contributed by atoms with Crippen LogP contribution in [0.15, 0.2) is 18.2 Å². The number of benzene rings is 1. The van der Waals surface area contributed by atoms with E-state index in [2.05, 4.69) is 10.3 Å². The van der Waals surface area contributed by atoms with Gasteiger partial charge in [0.15, 0.2) is 5.78 Å². The number of rotatable bonds is 4. The van der Waals surface area contributed by atoms with Gasteiger partial charge in [-0.3, -0.25) is 9.59 Å². The summed E-state index contributed by atoms with van der Waals surface area (Å²) in [6, 6.07) is 5.03. The lowest BCUT2D eigenvalue weighted by molar-refractivity contribution is 0.0787. The number of carbonyl (C=O) groups is 2. The highest BCUT2D eigenvalue weighted by molar-refractivity contribution is 6.30. The zero-order valence-electron chi connectivity index (χ0n) is 15.1. The van der Waals surface area contributed by atoms with Gasteiger partial charge in [-0.25, -0.2) is 0 Å². The summed E-state index contributed by atoms with van der Waals surface area (Å²) in [5.41, 5.74) is 4.28. The van der Waals surface area contributed by atoms with Crippen LogP contribution in [-0.2, 0) is 12.8 Å². The molecule has 0 unspecified atom stereocenters. The zero-order valence-corrected chi connectivity index (χ0v) is 15.9. The smallest absolute Gasteiger partial charge is 0.268 e. The highest BCUT2D eigenvalue weighted by Gasteiger charge is 2.31. The number of aliphatic hydroxyl groups is 1. The number of carbonyl (C=O) groups excluding carboxylic acids is 2. The molecule has 1 amide bonds. The molecule has 2 aromatic rings. The van der Waals surface area contributed by atoms with Crippen molar-refractivity contribution < 1.29 is 14.7 Å². The van der Waals surface area contributed by atoms with Crippen LogP contribution in [0.4, 0.5) is 0 Å². The Balaban J connectivity index is 1.95. The first-order chi connectivity index (χ1) is 12.3. The molecule has 0 aliphatic heterocycles. The molecular weight excluding hydrogens is 352 g/mol. The number of aryl methyl sites for hydroxylation is 2. The quantitative estimate of drug-likeness (QED) is 0.716. The summed E-state index contributed by atoms with van der Waals surface area (Å²) in [6.07, 6.45) is 1.20. The van der Waals surface area contributed by atoms with Crippen LogP contribution in [0.1, 0.15) is 69.5 Å². The van der Waals surface area contributed by atoms with Crippen molar-refractivity contribution in [1.29, 1.82) is 0 Å². The molecule has 3 N–H and O–H groups in total. The average molecular weight is 375 g/mol. The predicted molar refractivity (Wildman–Crippen MR) is 101 cm³/mol. The number of amides is 1. The lowest BCUT2D eigenvalue weighted by atomic mass is 9.85. The molecule has 0 saturated heterocycles. The molecule has 2 atom stereocenters. The fourth-order valence-electron chi connectivity index (χ4n) is 3.85. The highest BCUT2D eigenvalue weighted by atomic mass is 35.5. The van der Waals surface area contributed by atoms with Crippen molar-refractivity contribution in [2.45, 2.75) is 52.2 Å². The third-order valence-corrected chi connectivity index (χ3v) is 5.28. The molecule has 138 valence electrons. The van der Waals surface area contributed by atoms with E-state index < -0.39 is 12.1 Å². The number of nitrogens with one attached hydrogen (secondary N) is 2. The number of halogens is 1. The van der Waals surface area contributed by atoms with Crippen LogP contribution < -0.4 is 5.32 Å². The second kappa shape index (κ2) is 7.25. The summed E-state index contributed by atoms with van der Waals surface area (Å²) < 4.78 is 0. The molecule has 0 spiro atoms. The Morgan fingerprint density at radius 3 is 2.77 bits per heavy atom. The molecule has 1 heterocycles. The van der Waals surface area contributed by atoms with Gasteiger partial charge in [-0.1, -0.05) is 24.6 Å². The molecule has 6 heteroatoms. The topological polar surface area (TPSA) is 82.2 Å². The molecular formula is C20H23ClN2O3. The second-order valence-electron chi connectivity index (χ2n) is 6.79. The Morgan fingerprint density at radius 2 is 2.12 bits per heavy atom. The van der Waals surface area contributed by atoms with Crippen LogP contribution in [0.2, 0.25) is 5.02 Å². The van der Waals surface area contributed by atoms with E-state index in [9.17, 15) is 14.7 Å². The van der Waals surface area contributed by atoms with Crippen molar-refractivity contribution in [2.24, 2.45) is 0 Å². The number of fused-ring (bicyclic) bond motifs is 1. The Labute approximate surface area is 157 Å². The summed E-state index contributed by atoms with van der Waals surface area (Å²) in [6.45, 7) is 5.20. The van der Waals surface area contributed by atoms with Crippen molar-refractivity contribution in [3.8, 4) is 0 Å². The molecule has 1 aliphatic rings. The van der Waals surface area contributed by atoms with E-state index >= 15 is 0 Å². The number of ketones is 1. The largest absolute Gasteiger partial charge is 0.391 e. The average Bonchev–Trinajstić information content (AvgIpc) is 2.94. The number of Topliss-reactive ketones (excluding diaryl/α,β-unsaturated/α-hetero) is 1. The number of hydrogen-bond acceptors (Lipinski definition) is 3. The second-order valence-corrected chi connectivity index (χ2v) is 7.23. The van der Waals surface area contributed by atoms with Gasteiger partial charge in [0.1, 0.15) is 5.69 Å². The number of hydrogen-bond donors (Lipinski definition) is 3. The maximum Gasteiger partial charge on any atom is 0.268 e. The SMILES string of the molecule is CCc1c(C(=O)N[C@H]2c3cc(Cl)ccc3CC[C@H]2O)[nH]c(C)c1C(C)=O. The van der Waals surface area contributed by atoms with Gasteiger partial charge in [-0.05, 0) is 61.9 Å². The van der Waals surface area contributed by atoms with Crippen molar-refractivity contribution in [1.82, 2.24) is 10.3 Å². The first-order valence-electron chi connectivity index (χ1n) is 8.83. The number of aromatic nitrogens is 1. The van der Waals surface area contributed by atoms with Crippen molar-refractivity contribution in [3.63, 3.8) is 0 Å². The van der Waals surface area contributed by atoms with E-state index in [1.54, 1.807) is 13.0 Å². The summed E-state index contributed by atoms with van der Waals surface area (Å²) in [4.78, 5) is 27.9. The van der Waals surface area contributed by atoms with Gasteiger partial charge in [0.25, 0.3) is 5.91 Å². The van der Waals surface area contributed by atoms with Crippen molar-refractivity contribution >= 4 is 23.3 Å². The van der Waals surface area contributed by atoms with Gasteiger partial charge in [-0.2, -0.15) is 0 Å². The fourth-order valence-corrected chi connectivity index (χ4v) is 4.03. The molecule has 5 nitrogen and oxygen atoms in total. The van der Waals surface area contributed by atoms with E-state index in [0.717, 1.165) is 17.5 Å². The van der Waals surface area contributed by atoms with Crippen LogP contribution >= 0.6 is 11.6 Å². The molecule has 0 saturated carbocycles. The Bertz CT molecular complexity index is 872. The summed E-state index contributed by atoms with van der Waals surface area (Å²) in [5.74, 6) is -0.390. The first-order valence-corrected chi connectivity index (χ1v) is 9.20. The van der Waals surface area contributed by atoms with Crippen LogP contribution in [0.25, 0.3) is 0 Å². The minimum absolute atomic E-state index is 0.0653. The van der Waals surface area contributed by atoms with Crippen LogP contribution in [0.5, 0.6) is 0 Å². The molecule has 3 rings (SSSR count). The van der Waals surface area contributed by atoms with E-state index in [1.807, 2.05) is 19.1 Å². The van der Waals surface area contributed by atoms with Gasteiger partial charge in [0.2, 0.25) is 0 Å². The lowest BCUT2D eigenvalue weighted by Gasteiger charge is -2.31. The molecule has 1 aliphatic carbocycles. The van der Waals surface area contributed by atoms with E-state index in [-0.39, 0.29) is 11.7 Å². The number of H-pyrrole nitrogens is 1. The minimum Gasteiger partial charge on any atom is -0.391 e. The minimum atomic E-state index is -0.682. The standard InChI is InChI=1S/C20H23ClN2O3/c1-4-14-17(11(3)24)10(2)22-19(14)20(26)23-18-15-9-13(21)7-5-12(15)6-8-16(18)25/h5,7,9,16,18,22,25H,4,6,8H2,1-3H3,(H,23,26)/t16-,18+/m1/s1. The first kappa shape index (κ1) is 18.7. The molecule has 26 heavy (non-hydrogen) atoms. The molecule has 1 aromatic carbocycles. The monoisotopic (exact) mass is 374 g/mol. The fraction of sp³-hybridized carbons (Fsp3) is 0.400. The van der Waals surface area contributed by atoms with E-state index in [4.69, 9.17) is 11.6 Å². The highest BCUT2D eigenvalue weighted by Crippen LogP contribution is 2.32. The van der Waals surface area contributed by atoms with E-state index in [0.29, 0.717) is 40.4 Å². The Kier molecular flexibility index (Phi) is 5.21. The predicted octanol–water partition coefficient (Wildman–Crippen LogP) is 3.52. The van der Waals surface area contributed by atoms with E-state index in [1.165, 1.54) is 6.92 Å². The van der Waals surface area contributed by atoms with Gasteiger partial charge >= 0.3 is 0 Å². The van der Waals surface area contributed by atoms with Crippen molar-refractivity contribution in [3.05, 3.63) is 56.9 Å². The van der Waals surface area contributed by atoms with Crippen LogP contribution in [-0.4, -0.2) is 27.9 Å². The Hall–Kier alpha value is -2.11. The summed E-state index contributed by atoms with van der Waals surface area (Å²) >= 11 is 6.11. The van der Waals surface area contributed by atoms with Gasteiger partial charge in [-0.15, -0.1) is 0 Å². The lowest BCUT2D eigenvalue weighted by Crippen LogP contribution is -2.39. The normalized spacial score (nSPS) is 19.1. The maximum atomic E-state index is 12.9. The molecule has 0 bridgehead atoms. The third-order valence-electron chi connectivity index (χ3n) is 5.05.